The van der Waals surface area contributed by atoms with E-state index in [0.717, 1.165) is 11.0 Å². The molecule has 0 unspecified atom stereocenters. The fourth-order valence-corrected chi connectivity index (χ4v) is 7.46. The second-order valence-electron chi connectivity index (χ2n) is 14.8. The molecule has 0 atom stereocenters. The van der Waals surface area contributed by atoms with Crippen molar-refractivity contribution in [1.29, 1.82) is 0 Å². The summed E-state index contributed by atoms with van der Waals surface area (Å²) in [6, 6.07) is 47.3. The van der Waals surface area contributed by atoms with Crippen LogP contribution in [0.3, 0.4) is 0 Å². The average molecular weight is 852 g/mol. The fraction of sp³-hybridized carbons (Fsp3) is 0.255. The zero-order valence-corrected chi connectivity index (χ0v) is 33.2. The molecule has 51 heavy (non-hydrogen) atoms. The molecule has 0 bridgehead atoms. The van der Waals surface area contributed by atoms with Crippen molar-refractivity contribution in [1.82, 2.24) is 14.1 Å². The molecule has 3 nitrogen and oxygen atoms in total. The van der Waals surface area contributed by atoms with E-state index in [1.807, 2.05) is 12.1 Å². The van der Waals surface area contributed by atoms with Crippen molar-refractivity contribution in [3.8, 4) is 0 Å². The van der Waals surface area contributed by atoms with E-state index >= 15 is 0 Å². The molecule has 0 saturated carbocycles. The van der Waals surface area contributed by atoms with Crippen molar-refractivity contribution in [3.63, 3.8) is 0 Å². The van der Waals surface area contributed by atoms with Crippen LogP contribution in [0.15, 0.2) is 121 Å². The van der Waals surface area contributed by atoms with Crippen LogP contribution in [0, 0.1) is 0 Å². The van der Waals surface area contributed by atoms with Gasteiger partial charge in [0.15, 0.2) is 0 Å². The van der Waals surface area contributed by atoms with Crippen molar-refractivity contribution in [2.45, 2.75) is 79.1 Å². The fourth-order valence-electron chi connectivity index (χ4n) is 7.46. The van der Waals surface area contributed by atoms with E-state index in [1.165, 1.54) is 66.5 Å². The molecule has 2 heterocycles. The van der Waals surface area contributed by atoms with Crippen LogP contribution in [-0.2, 0) is 22.4 Å². The molecule has 1 aliphatic heterocycles. The van der Waals surface area contributed by atoms with Gasteiger partial charge in [-0.05, 0) is 61.1 Å². The number of hydrogen-bond acceptors (Lipinski definition) is 0. The molecule has 6 aromatic carbocycles. The van der Waals surface area contributed by atoms with Crippen LogP contribution in [0.4, 0.5) is 22.7 Å². The standard InChI is InChI=1S/C35H40N2.C12H8N.Au/c1-22(2)27-15-11-16-28(23(3)4)33(27)36-21-37(34-29(24(5)6)17-12-18-30(34)25(7)8)35-31-14-10-9-13-26(31)19-20-32(35)36;1-3-7-11-9(5-1)10-6-2-4-8-12(10)13-11;/h9-20,22-25H,1-8H3;1-8H;/q+2;-1;+1. The Labute approximate surface area is 318 Å². The number of nitrogens with zero attached hydrogens (tertiary/aromatic N) is 3. The summed E-state index contributed by atoms with van der Waals surface area (Å²) in [5.74, 6) is 1.61. The molecule has 260 valence electrons. The third-order valence-electron chi connectivity index (χ3n) is 10.0. The van der Waals surface area contributed by atoms with Gasteiger partial charge in [-0.25, -0.2) is 0 Å². The molecule has 0 amide bonds. The Morgan fingerprint density at radius 2 is 0.824 bits per heavy atom. The number of benzene rings is 6. The van der Waals surface area contributed by atoms with Crippen molar-refractivity contribution in [2.75, 3.05) is 0 Å². The summed E-state index contributed by atoms with van der Waals surface area (Å²) in [7, 11) is 0. The summed E-state index contributed by atoms with van der Waals surface area (Å²) in [6.45, 7) is 18.4. The van der Waals surface area contributed by atoms with Crippen molar-refractivity contribution < 1.29 is 22.4 Å². The van der Waals surface area contributed by atoms with Gasteiger partial charge in [-0.15, -0.1) is 11.0 Å². The van der Waals surface area contributed by atoms with E-state index in [-0.39, 0.29) is 22.4 Å². The zero-order valence-electron chi connectivity index (χ0n) is 31.0. The van der Waals surface area contributed by atoms with E-state index in [1.54, 1.807) is 0 Å². The van der Waals surface area contributed by atoms with E-state index in [2.05, 4.69) is 185 Å². The Kier molecular flexibility index (Phi) is 10.7. The Balaban J connectivity index is 0.000000266. The minimum Gasteiger partial charge on any atom is -0.657 e. The van der Waals surface area contributed by atoms with Gasteiger partial charge in [0, 0.05) is 28.3 Å². The maximum Gasteiger partial charge on any atom is 1.00 e. The van der Waals surface area contributed by atoms with Crippen LogP contribution >= 0.6 is 0 Å². The monoisotopic (exact) mass is 851 g/mol. The molecular formula is C47H48AuN3+2. The van der Waals surface area contributed by atoms with Gasteiger partial charge in [0.05, 0.1) is 5.39 Å². The predicted octanol–water partition coefficient (Wildman–Crippen LogP) is 13.1. The molecule has 0 N–H and O–H groups in total. The van der Waals surface area contributed by atoms with Crippen molar-refractivity contribution >= 4 is 61.3 Å². The predicted molar refractivity (Wildman–Crippen MR) is 216 cm³/mol. The van der Waals surface area contributed by atoms with Gasteiger partial charge in [0.25, 0.3) is 5.69 Å². The van der Waals surface area contributed by atoms with E-state index in [0.29, 0.717) is 23.7 Å². The van der Waals surface area contributed by atoms with E-state index in [9.17, 15) is 0 Å². The molecule has 8 rings (SSSR count). The third kappa shape index (κ3) is 6.68. The Hall–Kier alpha value is -4.50. The van der Waals surface area contributed by atoms with Crippen molar-refractivity contribution in [2.24, 2.45) is 0 Å². The SMILES string of the molecule is CC(C)c1cccc(C(C)C)c1[N+]1=C=[N+](c2c(C(C)C)cccc2C(C)C)c2c1ccc1ccccc21.[Au+].c1ccc2c(c1)[n-]c1ccccc12. The molecule has 1 aliphatic rings. The third-order valence-corrected chi connectivity index (χ3v) is 10.0. The minimum absolute atomic E-state index is 0. The first kappa shape index (κ1) is 36.3. The van der Waals surface area contributed by atoms with Gasteiger partial charge in [-0.1, -0.05) is 159 Å². The summed E-state index contributed by atoms with van der Waals surface area (Å²) in [5.41, 5.74) is 12.6. The summed E-state index contributed by atoms with van der Waals surface area (Å²) in [6.07, 6.45) is 0. The van der Waals surface area contributed by atoms with Crippen molar-refractivity contribution in [3.05, 3.63) is 144 Å². The zero-order chi connectivity index (χ0) is 35.1. The molecule has 0 saturated heterocycles. The Morgan fingerprint density at radius 3 is 1.29 bits per heavy atom. The smallest absolute Gasteiger partial charge is 0.657 e. The van der Waals surface area contributed by atoms with Gasteiger partial charge < -0.3 is 4.98 Å². The average Bonchev–Trinajstić information content (AvgIpc) is 3.70. The summed E-state index contributed by atoms with van der Waals surface area (Å²) < 4.78 is 4.73. The van der Waals surface area contributed by atoms with Crippen LogP contribution < -0.4 is 14.1 Å². The summed E-state index contributed by atoms with van der Waals surface area (Å²) in [4.78, 5) is 4.52. The quantitative estimate of drug-likeness (QED) is 0.121. The number of rotatable bonds is 6. The number of para-hydroxylation sites is 4. The van der Waals surface area contributed by atoms with Gasteiger partial charge in [0.2, 0.25) is 11.4 Å². The van der Waals surface area contributed by atoms with Gasteiger partial charge in [-0.3, -0.25) is 0 Å². The molecule has 0 aliphatic carbocycles. The van der Waals surface area contributed by atoms with Gasteiger partial charge in [-0.2, -0.15) is 0 Å². The summed E-state index contributed by atoms with van der Waals surface area (Å²) in [5, 5.41) is 5.01. The molecule has 0 fully saturated rings. The molecule has 0 radical (unpaired) electrons. The van der Waals surface area contributed by atoms with Gasteiger partial charge >= 0.3 is 34.1 Å². The molecule has 0 spiro atoms. The molecule has 7 aromatic rings. The molecule has 1 aromatic heterocycles. The molecular weight excluding hydrogens is 804 g/mol. The van der Waals surface area contributed by atoms with Crippen LogP contribution in [0.1, 0.15) is 101 Å². The topological polar surface area (TPSA) is 20.1 Å². The first-order chi connectivity index (χ1) is 24.2. The largest absolute Gasteiger partial charge is 1.00 e. The normalized spacial score (nSPS) is 12.4. The Bertz CT molecular complexity index is 2330. The van der Waals surface area contributed by atoms with E-state index in [4.69, 9.17) is 0 Å². The minimum atomic E-state index is 0. The number of fused-ring (bicyclic) bond motifs is 6. The van der Waals surface area contributed by atoms with E-state index < -0.39 is 0 Å². The van der Waals surface area contributed by atoms with Gasteiger partial charge in [0.1, 0.15) is 0 Å². The van der Waals surface area contributed by atoms with Crippen LogP contribution in [0.2, 0.25) is 0 Å². The number of aromatic nitrogens is 1. The second kappa shape index (κ2) is 15.0. The summed E-state index contributed by atoms with van der Waals surface area (Å²) >= 11 is 0. The first-order valence-corrected chi connectivity index (χ1v) is 18.2. The molecule has 4 heteroatoms. The number of hydrogen-bond donors (Lipinski definition) is 0. The second-order valence-corrected chi connectivity index (χ2v) is 14.8. The Morgan fingerprint density at radius 1 is 0.412 bits per heavy atom. The van der Waals surface area contributed by atoms with Crippen LogP contribution in [-0.4, -0.2) is 6.01 Å². The maximum absolute atomic E-state index is 4.52. The van der Waals surface area contributed by atoms with Crippen LogP contribution in [0.25, 0.3) is 32.6 Å². The van der Waals surface area contributed by atoms with Crippen LogP contribution in [0.5, 0.6) is 0 Å². The first-order valence-electron chi connectivity index (χ1n) is 18.2. The maximum atomic E-state index is 4.52.